The number of hydrogen-bond acceptors (Lipinski definition) is 11. The van der Waals surface area contributed by atoms with E-state index < -0.39 is 53.7 Å². The van der Waals surface area contributed by atoms with Crippen molar-refractivity contribution in [2.24, 2.45) is 5.73 Å². The maximum Gasteiger partial charge on any atom is 0.303 e. The Morgan fingerprint density at radius 1 is 0.889 bits per heavy atom. The lowest BCUT2D eigenvalue weighted by molar-refractivity contribution is -0.237. The predicted octanol–water partition coefficient (Wildman–Crippen LogP) is -0.304. The van der Waals surface area contributed by atoms with Gasteiger partial charge in [-0.15, -0.1) is 0 Å². The fourth-order valence-corrected chi connectivity index (χ4v) is 3.20. The topological polar surface area (TPSA) is 164 Å². The molecule has 27 heavy (non-hydrogen) atoms. The fraction of sp³-hybridized carbons (Fsp3) is 0.667. The van der Waals surface area contributed by atoms with Gasteiger partial charge >= 0.3 is 23.9 Å². The smallest absolute Gasteiger partial charge is 0.303 e. The largest absolute Gasteiger partial charge is 0.463 e. The van der Waals surface area contributed by atoms with E-state index >= 15 is 0 Å². The second kappa shape index (κ2) is 10.1. The molecule has 152 valence electrons. The van der Waals surface area contributed by atoms with Gasteiger partial charge in [0, 0.05) is 27.7 Å². The Morgan fingerprint density at radius 3 is 1.81 bits per heavy atom. The van der Waals surface area contributed by atoms with Gasteiger partial charge in [0.2, 0.25) is 0 Å². The number of nitrogens with two attached hydrogens (primary N) is 1. The quantitative estimate of drug-likeness (QED) is 0.257. The van der Waals surface area contributed by atoms with E-state index in [1.54, 1.807) is 0 Å². The first-order valence-electron chi connectivity index (χ1n) is 7.82. The Labute approximate surface area is 159 Å². The van der Waals surface area contributed by atoms with Crippen LogP contribution in [0.2, 0.25) is 0 Å². The van der Waals surface area contributed by atoms with Crippen molar-refractivity contribution in [1.29, 1.82) is 5.41 Å². The van der Waals surface area contributed by atoms with Gasteiger partial charge in [0.1, 0.15) is 12.7 Å². The first kappa shape index (κ1) is 22.7. The third-order valence-corrected chi connectivity index (χ3v) is 4.06. The normalized spacial score (nSPS) is 27.2. The van der Waals surface area contributed by atoms with Crippen LogP contribution < -0.4 is 5.73 Å². The Hall–Kier alpha value is -2.34. The summed E-state index contributed by atoms with van der Waals surface area (Å²) in [6, 6.07) is 0. The summed E-state index contributed by atoms with van der Waals surface area (Å²) in [7, 11) is 0. The van der Waals surface area contributed by atoms with Crippen LogP contribution in [0.25, 0.3) is 0 Å². The first-order chi connectivity index (χ1) is 12.5. The van der Waals surface area contributed by atoms with Crippen molar-refractivity contribution in [2.75, 3.05) is 6.61 Å². The van der Waals surface area contributed by atoms with E-state index in [9.17, 15) is 19.2 Å². The molecule has 12 heteroatoms. The molecule has 0 bridgehead atoms. The number of carbonyl (C=O) groups excluding carboxylic acids is 4. The second-order valence-electron chi connectivity index (χ2n) is 5.55. The number of esters is 4. The van der Waals surface area contributed by atoms with Crippen LogP contribution in [0.5, 0.6) is 0 Å². The highest BCUT2D eigenvalue weighted by molar-refractivity contribution is 8.14. The molecule has 1 heterocycles. The molecule has 5 unspecified atom stereocenters. The van der Waals surface area contributed by atoms with Gasteiger partial charge in [0.15, 0.2) is 28.9 Å². The van der Waals surface area contributed by atoms with Crippen LogP contribution in [0.15, 0.2) is 0 Å². The third-order valence-electron chi connectivity index (χ3n) is 3.19. The van der Waals surface area contributed by atoms with E-state index in [0.29, 0.717) is 11.8 Å². The molecule has 0 spiro atoms. The highest BCUT2D eigenvalue weighted by Gasteiger charge is 2.52. The molecule has 5 atom stereocenters. The highest BCUT2D eigenvalue weighted by atomic mass is 32.2. The summed E-state index contributed by atoms with van der Waals surface area (Å²) >= 11 is 0.705. The lowest BCUT2D eigenvalue weighted by Crippen LogP contribution is -2.61. The Kier molecular flexibility index (Phi) is 8.50. The molecule has 1 aliphatic heterocycles. The van der Waals surface area contributed by atoms with Crippen molar-refractivity contribution in [3.8, 4) is 0 Å². The monoisotopic (exact) mass is 406 g/mol. The average Bonchev–Trinajstić information content (AvgIpc) is 2.49. The number of thioether (sulfide) groups is 1. The second-order valence-corrected chi connectivity index (χ2v) is 6.69. The van der Waals surface area contributed by atoms with E-state index in [2.05, 4.69) is 0 Å². The van der Waals surface area contributed by atoms with Gasteiger partial charge in [-0.3, -0.25) is 24.6 Å². The molecular weight excluding hydrogens is 384 g/mol. The number of amidine groups is 1. The van der Waals surface area contributed by atoms with E-state index in [0.717, 1.165) is 20.8 Å². The number of carbonyl (C=O) groups is 4. The van der Waals surface area contributed by atoms with Crippen molar-refractivity contribution >= 4 is 40.8 Å². The van der Waals surface area contributed by atoms with Crippen molar-refractivity contribution in [3.63, 3.8) is 0 Å². The van der Waals surface area contributed by atoms with Crippen LogP contribution in [0, 0.1) is 5.41 Å². The Balaban J connectivity index is 3.29. The van der Waals surface area contributed by atoms with Crippen LogP contribution in [0.3, 0.4) is 0 Å². The van der Waals surface area contributed by atoms with E-state index in [1.807, 2.05) is 0 Å². The summed E-state index contributed by atoms with van der Waals surface area (Å²) in [5, 5.41) is 7.10. The van der Waals surface area contributed by atoms with Crippen molar-refractivity contribution in [2.45, 2.75) is 57.5 Å². The summed E-state index contributed by atoms with van der Waals surface area (Å²) in [6.07, 6.45) is -4.76. The van der Waals surface area contributed by atoms with E-state index in [-0.39, 0.29) is 11.8 Å². The lowest BCUT2D eigenvalue weighted by Gasteiger charge is -2.43. The van der Waals surface area contributed by atoms with Gasteiger partial charge in [0.05, 0.1) is 0 Å². The summed E-state index contributed by atoms with van der Waals surface area (Å²) in [6.45, 7) is 4.24. The molecule has 1 saturated heterocycles. The number of ether oxygens (including phenoxy) is 5. The van der Waals surface area contributed by atoms with Crippen molar-refractivity contribution in [1.82, 2.24) is 0 Å². The van der Waals surface area contributed by atoms with E-state index in [1.165, 1.54) is 6.92 Å². The Morgan fingerprint density at radius 2 is 1.37 bits per heavy atom. The van der Waals surface area contributed by atoms with Gasteiger partial charge in [-0.25, -0.2) is 0 Å². The minimum absolute atomic E-state index is 0.327. The molecule has 1 fully saturated rings. The minimum atomic E-state index is -1.26. The van der Waals surface area contributed by atoms with Crippen LogP contribution in [-0.4, -0.2) is 65.5 Å². The van der Waals surface area contributed by atoms with Crippen LogP contribution in [-0.2, 0) is 42.9 Å². The van der Waals surface area contributed by atoms with Crippen LogP contribution in [0.4, 0.5) is 0 Å². The minimum Gasteiger partial charge on any atom is -0.463 e. The van der Waals surface area contributed by atoms with Crippen LogP contribution in [0.1, 0.15) is 27.7 Å². The fourth-order valence-electron chi connectivity index (χ4n) is 2.41. The van der Waals surface area contributed by atoms with Crippen LogP contribution >= 0.6 is 11.8 Å². The zero-order valence-electron chi connectivity index (χ0n) is 15.3. The lowest BCUT2D eigenvalue weighted by atomic mass is 9.99. The molecule has 0 radical (unpaired) electrons. The third kappa shape index (κ3) is 7.43. The molecule has 0 aromatic carbocycles. The first-order valence-corrected chi connectivity index (χ1v) is 8.70. The highest BCUT2D eigenvalue weighted by Crippen LogP contribution is 2.34. The zero-order chi connectivity index (χ0) is 20.7. The molecule has 1 aliphatic rings. The number of nitrogens with one attached hydrogen (secondary N) is 1. The van der Waals surface area contributed by atoms with Gasteiger partial charge in [-0.05, 0) is 0 Å². The SMILES string of the molecule is CC(=O)OCC1OC(SC(=N)N)C(OC(C)=O)C(OC(C)=O)C1OC(C)=O. The number of rotatable bonds is 6. The Bertz CT molecular complexity index is 612. The molecule has 0 aromatic rings. The summed E-state index contributed by atoms with van der Waals surface area (Å²) in [5.41, 5.74) is 4.33. The maximum absolute atomic E-state index is 11.6. The van der Waals surface area contributed by atoms with E-state index in [4.69, 9.17) is 34.8 Å². The van der Waals surface area contributed by atoms with Gasteiger partial charge in [0.25, 0.3) is 0 Å². The molecule has 0 aliphatic carbocycles. The van der Waals surface area contributed by atoms with Gasteiger partial charge in [-0.1, -0.05) is 11.8 Å². The van der Waals surface area contributed by atoms with Crippen molar-refractivity contribution in [3.05, 3.63) is 0 Å². The summed E-state index contributed by atoms with van der Waals surface area (Å²) in [4.78, 5) is 45.7. The summed E-state index contributed by atoms with van der Waals surface area (Å²) in [5.74, 6) is -2.76. The average molecular weight is 406 g/mol. The molecule has 0 saturated carbocycles. The molecular formula is C15H22N2O9S. The standard InChI is InChI=1S/C15H22N2O9S/c1-6(18)22-5-10-11(23-7(2)19)12(24-8(3)20)13(25-9(4)21)14(26-10)27-15(16)17/h10-14H,5H2,1-4H3,(H3,16,17). The molecule has 3 N–H and O–H groups in total. The van der Waals surface area contributed by atoms with Gasteiger partial charge in [-0.2, -0.15) is 0 Å². The van der Waals surface area contributed by atoms with Gasteiger partial charge < -0.3 is 29.4 Å². The van der Waals surface area contributed by atoms with Crippen molar-refractivity contribution < 1.29 is 42.9 Å². The predicted molar refractivity (Wildman–Crippen MR) is 91.5 cm³/mol. The maximum atomic E-state index is 11.6. The summed E-state index contributed by atoms with van der Waals surface area (Å²) < 4.78 is 26.2. The molecule has 11 nitrogen and oxygen atoms in total. The number of hydrogen-bond donors (Lipinski definition) is 2. The molecule has 0 aromatic heterocycles. The molecule has 0 amide bonds. The zero-order valence-corrected chi connectivity index (χ0v) is 16.1. The molecule has 1 rings (SSSR count).